The van der Waals surface area contributed by atoms with Crippen molar-refractivity contribution in [1.82, 2.24) is 9.29 Å². The molecular weight excluding hydrogens is 300 g/mol. The monoisotopic (exact) mass is 316 g/mol. The van der Waals surface area contributed by atoms with Crippen molar-refractivity contribution in [3.05, 3.63) is 23.9 Å². The van der Waals surface area contributed by atoms with E-state index in [0.717, 1.165) is 12.3 Å². The predicted octanol–water partition coefficient (Wildman–Crippen LogP) is -0.450. The van der Waals surface area contributed by atoms with Gasteiger partial charge in [-0.15, -0.1) is 0 Å². The number of pyridine rings is 1. The number of aliphatic hydroxyl groups excluding tert-OH is 1. The van der Waals surface area contributed by atoms with Gasteiger partial charge in [0.2, 0.25) is 0 Å². The van der Waals surface area contributed by atoms with Gasteiger partial charge in [0.15, 0.2) is 5.03 Å². The Bertz CT molecular complexity index is 615. The molecule has 9 heteroatoms. The first kappa shape index (κ1) is 15.8. The quantitative estimate of drug-likeness (QED) is 0.772. The van der Waals surface area contributed by atoms with Crippen molar-refractivity contribution in [2.75, 3.05) is 19.8 Å². The topological polar surface area (TPSA) is 117 Å². The Hall–Kier alpha value is -1.55. The van der Waals surface area contributed by atoms with E-state index in [9.17, 15) is 13.2 Å². The van der Waals surface area contributed by atoms with Crippen molar-refractivity contribution in [3.63, 3.8) is 0 Å². The van der Waals surface area contributed by atoms with Crippen LogP contribution in [0.4, 0.5) is 0 Å². The average Bonchev–Trinajstić information content (AvgIpc) is 2.47. The summed E-state index contributed by atoms with van der Waals surface area (Å²) < 4.78 is 31.5. The zero-order valence-corrected chi connectivity index (χ0v) is 12.2. The van der Waals surface area contributed by atoms with Crippen molar-refractivity contribution in [2.24, 2.45) is 0 Å². The van der Waals surface area contributed by atoms with Gasteiger partial charge in [0.05, 0.1) is 24.9 Å². The smallest absolute Gasteiger partial charge is 0.337 e. The maximum absolute atomic E-state index is 12.5. The Morgan fingerprint density at radius 2 is 2.24 bits per heavy atom. The molecule has 0 aromatic carbocycles. The Balaban J connectivity index is 2.29. The van der Waals surface area contributed by atoms with Crippen LogP contribution in [-0.2, 0) is 14.8 Å². The number of hydrogen-bond acceptors (Lipinski definition) is 6. The summed E-state index contributed by atoms with van der Waals surface area (Å²) in [7, 11) is -3.86. The van der Waals surface area contributed by atoms with Crippen LogP contribution in [0.5, 0.6) is 0 Å². The Labute approximate surface area is 122 Å². The number of ether oxygens (including phenoxy) is 1. The van der Waals surface area contributed by atoms with Gasteiger partial charge in [0.25, 0.3) is 10.0 Å². The van der Waals surface area contributed by atoms with Crippen molar-refractivity contribution in [2.45, 2.75) is 24.1 Å². The van der Waals surface area contributed by atoms with E-state index < -0.39 is 28.1 Å². The van der Waals surface area contributed by atoms with Crippen LogP contribution in [0.3, 0.4) is 0 Å². The van der Waals surface area contributed by atoms with Crippen molar-refractivity contribution in [3.8, 4) is 0 Å². The van der Waals surface area contributed by atoms with Gasteiger partial charge < -0.3 is 14.9 Å². The highest BCUT2D eigenvalue weighted by atomic mass is 32.2. The van der Waals surface area contributed by atoms with Crippen LogP contribution in [-0.4, -0.2) is 65.8 Å². The lowest BCUT2D eigenvalue weighted by molar-refractivity contribution is -0.0516. The molecule has 8 nitrogen and oxygen atoms in total. The first-order valence-electron chi connectivity index (χ1n) is 6.30. The normalized spacial score (nSPS) is 23.9. The summed E-state index contributed by atoms with van der Waals surface area (Å²) in [5.41, 5.74) is -0.0859. The molecule has 1 aromatic rings. The van der Waals surface area contributed by atoms with Crippen LogP contribution in [0.1, 0.15) is 17.3 Å². The Morgan fingerprint density at radius 3 is 2.76 bits per heavy atom. The van der Waals surface area contributed by atoms with Crippen molar-refractivity contribution < 1.29 is 28.2 Å². The molecule has 21 heavy (non-hydrogen) atoms. The fourth-order valence-electron chi connectivity index (χ4n) is 2.02. The zero-order chi connectivity index (χ0) is 15.6. The molecule has 1 fully saturated rings. The number of aliphatic hydroxyl groups is 1. The van der Waals surface area contributed by atoms with Crippen molar-refractivity contribution in [1.29, 1.82) is 0 Å². The molecule has 0 saturated carbocycles. The highest BCUT2D eigenvalue weighted by Gasteiger charge is 2.36. The molecule has 2 unspecified atom stereocenters. The lowest BCUT2D eigenvalue weighted by Gasteiger charge is -2.36. The molecule has 0 spiro atoms. The second kappa shape index (κ2) is 6.06. The molecule has 1 aliphatic rings. The molecule has 1 saturated heterocycles. The van der Waals surface area contributed by atoms with Crippen LogP contribution in [0.25, 0.3) is 0 Å². The highest BCUT2D eigenvalue weighted by molar-refractivity contribution is 7.89. The number of morpholine rings is 1. The molecule has 2 atom stereocenters. The second-order valence-electron chi connectivity index (χ2n) is 4.75. The number of nitrogens with zero attached hydrogens (tertiary/aromatic N) is 2. The maximum atomic E-state index is 12.5. The number of carbonyl (C=O) groups is 1. The number of aromatic nitrogens is 1. The first-order chi connectivity index (χ1) is 9.86. The lowest BCUT2D eigenvalue weighted by atomic mass is 10.2. The van der Waals surface area contributed by atoms with Gasteiger partial charge in [-0.05, 0) is 19.1 Å². The number of aromatic carboxylic acids is 1. The van der Waals surface area contributed by atoms with E-state index in [1.165, 1.54) is 10.4 Å². The van der Waals surface area contributed by atoms with Gasteiger partial charge in [-0.1, -0.05) is 0 Å². The van der Waals surface area contributed by atoms with Gasteiger partial charge in [0, 0.05) is 18.8 Å². The number of rotatable bonds is 4. The molecule has 2 heterocycles. The molecule has 2 rings (SSSR count). The van der Waals surface area contributed by atoms with Crippen LogP contribution >= 0.6 is 0 Å². The molecule has 1 aliphatic heterocycles. The van der Waals surface area contributed by atoms with E-state index in [4.69, 9.17) is 14.9 Å². The van der Waals surface area contributed by atoms with Crippen LogP contribution in [0.15, 0.2) is 23.4 Å². The van der Waals surface area contributed by atoms with Gasteiger partial charge in [-0.3, -0.25) is 0 Å². The lowest BCUT2D eigenvalue weighted by Crippen LogP contribution is -2.52. The molecule has 0 aliphatic carbocycles. The van der Waals surface area contributed by atoms with E-state index in [2.05, 4.69) is 4.98 Å². The third-order valence-corrected chi connectivity index (χ3v) is 5.10. The Kier molecular flexibility index (Phi) is 4.57. The SMILES string of the molecule is CC1COC(CO)CN1S(=O)(=O)c1ccc(C(=O)O)cn1. The Morgan fingerprint density at radius 1 is 1.52 bits per heavy atom. The summed E-state index contributed by atoms with van der Waals surface area (Å²) in [6.45, 7) is 1.63. The molecule has 0 bridgehead atoms. The summed E-state index contributed by atoms with van der Waals surface area (Å²) in [6.07, 6.45) is 0.429. The van der Waals surface area contributed by atoms with Crippen molar-refractivity contribution >= 4 is 16.0 Å². The van der Waals surface area contributed by atoms with Gasteiger partial charge in [0.1, 0.15) is 0 Å². The summed E-state index contributed by atoms with van der Waals surface area (Å²) >= 11 is 0. The van der Waals surface area contributed by atoms with Gasteiger partial charge >= 0.3 is 5.97 Å². The summed E-state index contributed by atoms with van der Waals surface area (Å²) in [5, 5.41) is 17.7. The molecule has 2 N–H and O–H groups in total. The van der Waals surface area contributed by atoms with Crippen LogP contribution in [0, 0.1) is 0 Å². The van der Waals surface area contributed by atoms with E-state index in [1.807, 2.05) is 0 Å². The summed E-state index contributed by atoms with van der Waals surface area (Å²) in [5.74, 6) is -1.17. The standard InChI is InChI=1S/C12H16N2O6S/c1-8-7-20-10(6-15)5-14(8)21(18,19)11-3-2-9(4-13-11)12(16)17/h2-4,8,10,15H,5-7H2,1H3,(H,16,17). The number of hydrogen-bond donors (Lipinski definition) is 2. The molecule has 1 aromatic heterocycles. The summed E-state index contributed by atoms with van der Waals surface area (Å²) in [4.78, 5) is 14.5. The molecule has 116 valence electrons. The number of carboxylic acids is 1. The minimum atomic E-state index is -3.86. The summed E-state index contributed by atoms with van der Waals surface area (Å²) in [6, 6.07) is 1.96. The average molecular weight is 316 g/mol. The fraction of sp³-hybridized carbons (Fsp3) is 0.500. The van der Waals surface area contributed by atoms with E-state index >= 15 is 0 Å². The first-order valence-corrected chi connectivity index (χ1v) is 7.74. The van der Waals surface area contributed by atoms with Crippen LogP contribution < -0.4 is 0 Å². The largest absolute Gasteiger partial charge is 0.478 e. The third kappa shape index (κ3) is 3.21. The van der Waals surface area contributed by atoms with Crippen LogP contribution in [0.2, 0.25) is 0 Å². The van der Waals surface area contributed by atoms with E-state index in [1.54, 1.807) is 6.92 Å². The maximum Gasteiger partial charge on any atom is 0.337 e. The second-order valence-corrected chi connectivity index (χ2v) is 6.59. The molecule has 0 radical (unpaired) electrons. The van der Waals surface area contributed by atoms with E-state index in [-0.39, 0.29) is 30.3 Å². The highest BCUT2D eigenvalue weighted by Crippen LogP contribution is 2.21. The molecule has 0 amide bonds. The number of carboxylic acid groups (broad SMARTS) is 1. The predicted molar refractivity (Wildman–Crippen MR) is 71.4 cm³/mol. The van der Waals surface area contributed by atoms with Gasteiger partial charge in [-0.2, -0.15) is 4.31 Å². The fourth-order valence-corrected chi connectivity index (χ4v) is 3.58. The minimum Gasteiger partial charge on any atom is -0.478 e. The third-order valence-electron chi connectivity index (χ3n) is 3.21. The van der Waals surface area contributed by atoms with Gasteiger partial charge in [-0.25, -0.2) is 18.2 Å². The zero-order valence-electron chi connectivity index (χ0n) is 11.3. The minimum absolute atomic E-state index is 0.0301. The van der Waals surface area contributed by atoms with E-state index in [0.29, 0.717) is 0 Å². The molecular formula is C12H16N2O6S. The number of sulfonamides is 1.